The van der Waals surface area contributed by atoms with E-state index >= 15 is 0 Å². The molecule has 0 spiro atoms. The summed E-state index contributed by atoms with van der Waals surface area (Å²) < 4.78 is 47.9. The van der Waals surface area contributed by atoms with Crippen molar-refractivity contribution >= 4 is 18.2 Å². The molecule has 3 aliphatic rings. The number of rotatable bonds is 9. The maximum atomic E-state index is 13.8. The van der Waals surface area contributed by atoms with Crippen molar-refractivity contribution in [2.75, 3.05) is 53.6 Å². The van der Waals surface area contributed by atoms with Crippen molar-refractivity contribution in [2.45, 2.75) is 38.0 Å². The molecule has 8 nitrogen and oxygen atoms in total. The van der Waals surface area contributed by atoms with Crippen LogP contribution in [0.15, 0.2) is 23.2 Å². The van der Waals surface area contributed by atoms with Crippen molar-refractivity contribution in [3.63, 3.8) is 0 Å². The molecule has 1 aromatic carbocycles. The zero-order valence-electron chi connectivity index (χ0n) is 21.5. The molecule has 11 heteroatoms. The number of alkyl halides is 2. The number of aldehydes is 1. The third-order valence-electron chi connectivity index (χ3n) is 7.01. The fourth-order valence-corrected chi connectivity index (χ4v) is 5.02. The molecule has 0 radical (unpaired) electrons. The van der Waals surface area contributed by atoms with Gasteiger partial charge >= 0.3 is 6.03 Å². The van der Waals surface area contributed by atoms with Crippen molar-refractivity contribution in [1.82, 2.24) is 9.80 Å². The van der Waals surface area contributed by atoms with Crippen molar-refractivity contribution in [2.24, 2.45) is 28.5 Å². The van der Waals surface area contributed by atoms with Gasteiger partial charge in [-0.15, -0.1) is 0 Å². The third-order valence-corrected chi connectivity index (χ3v) is 7.01. The number of carbonyl (C=O) groups excluding carboxylic acids is 2. The largest absolute Gasteiger partial charge is 0.493 e. The van der Waals surface area contributed by atoms with E-state index in [2.05, 4.69) is 4.99 Å². The highest BCUT2D eigenvalue weighted by Gasteiger charge is 2.43. The molecular formula is C26H37F3N4O4. The van der Waals surface area contributed by atoms with Crippen LogP contribution in [0.3, 0.4) is 0 Å². The lowest BCUT2D eigenvalue weighted by molar-refractivity contribution is -0.119. The number of hydrogen-bond acceptors (Lipinski definition) is 5. The Morgan fingerprint density at radius 3 is 2.51 bits per heavy atom. The van der Waals surface area contributed by atoms with Crippen LogP contribution in [0.2, 0.25) is 0 Å². The fourth-order valence-electron chi connectivity index (χ4n) is 5.02. The molecule has 37 heavy (non-hydrogen) atoms. The van der Waals surface area contributed by atoms with Gasteiger partial charge in [0.15, 0.2) is 0 Å². The number of nitrogens with two attached hydrogens (primary N) is 1. The summed E-state index contributed by atoms with van der Waals surface area (Å²) in [6.45, 7) is 2.00. The number of likely N-dealkylation sites (tertiary alicyclic amines) is 2. The molecule has 1 saturated carbocycles. The molecule has 2 saturated heterocycles. The van der Waals surface area contributed by atoms with Crippen molar-refractivity contribution in [3.8, 4) is 5.75 Å². The van der Waals surface area contributed by atoms with Crippen LogP contribution in [0.25, 0.3) is 0 Å². The molecule has 3 fully saturated rings. The Balaban J connectivity index is 0.000000468. The number of piperidine rings is 1. The monoisotopic (exact) mass is 526 g/mol. The molecule has 0 aromatic heterocycles. The molecular weight excluding hydrogens is 489 g/mol. The molecule has 2 N–H and O–H groups in total. The second-order valence-electron chi connectivity index (χ2n) is 10.1. The molecule has 1 aromatic rings. The molecule has 2 aliphatic heterocycles. The molecule has 4 rings (SSSR count). The molecule has 206 valence electrons. The smallest absolute Gasteiger partial charge is 0.345 e. The Morgan fingerprint density at radius 2 is 1.97 bits per heavy atom. The van der Waals surface area contributed by atoms with E-state index in [1.54, 1.807) is 29.0 Å². The number of urea groups is 1. The van der Waals surface area contributed by atoms with Crippen LogP contribution < -0.4 is 10.5 Å². The minimum Gasteiger partial charge on any atom is -0.493 e. The Bertz CT molecular complexity index is 946. The normalized spacial score (nSPS) is 23.5. The second-order valence-corrected chi connectivity index (χ2v) is 10.1. The number of aliphatic imine (C=N–C) groups is 1. The van der Waals surface area contributed by atoms with Gasteiger partial charge in [0, 0.05) is 32.7 Å². The van der Waals surface area contributed by atoms with Gasteiger partial charge in [-0.1, -0.05) is 6.07 Å². The Hall–Kier alpha value is -2.66. The summed E-state index contributed by atoms with van der Waals surface area (Å²) in [5.41, 5.74) is 6.03. The van der Waals surface area contributed by atoms with Crippen LogP contribution in [0.1, 0.15) is 31.2 Å². The molecule has 2 atom stereocenters. The lowest BCUT2D eigenvalue weighted by atomic mass is 9.90. The van der Waals surface area contributed by atoms with Crippen LogP contribution in [-0.4, -0.2) is 87.4 Å². The van der Waals surface area contributed by atoms with Crippen molar-refractivity contribution < 1.29 is 32.2 Å². The standard InChI is InChI=1S/C22H30FN3O4.C4H7F2N/c1-29-14-21(24)25-22(28)26-8-4-15(5-9-26)19-12-17(19)7-11-30-18-3-2-16(6-10-27)20(23)13-18;1-7-2-4(5,6)3-7/h2-3,10,13,15,17,19H,4-9,11-12,14H2,1H3,(H2,24,25,28);2-3H2,1H3. The van der Waals surface area contributed by atoms with Gasteiger partial charge in [-0.2, -0.15) is 4.99 Å². The van der Waals surface area contributed by atoms with Crippen LogP contribution in [-0.2, 0) is 16.0 Å². The summed E-state index contributed by atoms with van der Waals surface area (Å²) in [4.78, 5) is 29.9. The number of benzene rings is 1. The number of halogens is 3. The highest BCUT2D eigenvalue weighted by atomic mass is 19.3. The van der Waals surface area contributed by atoms with Gasteiger partial charge in [-0.05, 0) is 62.1 Å². The lowest BCUT2D eigenvalue weighted by Crippen LogP contribution is -2.53. The van der Waals surface area contributed by atoms with E-state index in [9.17, 15) is 22.8 Å². The third kappa shape index (κ3) is 8.99. The van der Waals surface area contributed by atoms with E-state index in [-0.39, 0.29) is 38.0 Å². The predicted octanol–water partition coefficient (Wildman–Crippen LogP) is 3.37. The number of methoxy groups -OCH3 is 1. The average molecular weight is 527 g/mol. The van der Waals surface area contributed by atoms with Crippen LogP contribution >= 0.6 is 0 Å². The quantitative estimate of drug-likeness (QED) is 0.301. The van der Waals surface area contributed by atoms with Crippen LogP contribution in [0.4, 0.5) is 18.0 Å². The first-order valence-corrected chi connectivity index (χ1v) is 12.6. The minimum absolute atomic E-state index is 0.0625. The number of carbonyl (C=O) groups is 2. The van der Waals surface area contributed by atoms with Gasteiger partial charge in [0.1, 0.15) is 30.3 Å². The lowest BCUT2D eigenvalue weighted by Gasteiger charge is -2.35. The van der Waals surface area contributed by atoms with E-state index in [4.69, 9.17) is 15.2 Å². The minimum atomic E-state index is -2.38. The first kappa shape index (κ1) is 28.9. The summed E-state index contributed by atoms with van der Waals surface area (Å²) in [5.74, 6) is -0.150. The fraction of sp³-hybridized carbons (Fsp3) is 0.654. The molecule has 1 aliphatic carbocycles. The Morgan fingerprint density at radius 1 is 1.27 bits per heavy atom. The van der Waals surface area contributed by atoms with E-state index in [1.807, 2.05) is 0 Å². The number of ether oxygens (including phenoxy) is 2. The van der Waals surface area contributed by atoms with Gasteiger partial charge < -0.3 is 24.9 Å². The van der Waals surface area contributed by atoms with Crippen LogP contribution in [0.5, 0.6) is 5.75 Å². The maximum Gasteiger partial charge on any atom is 0.345 e. The Kier molecular flexibility index (Phi) is 10.3. The van der Waals surface area contributed by atoms with Gasteiger partial charge in [0.05, 0.1) is 19.7 Å². The Labute approximate surface area is 216 Å². The summed E-state index contributed by atoms with van der Waals surface area (Å²) in [7, 11) is 3.19. The molecule has 2 amide bonds. The van der Waals surface area contributed by atoms with Gasteiger partial charge in [0.2, 0.25) is 0 Å². The van der Waals surface area contributed by atoms with Crippen LogP contribution in [0, 0.1) is 23.6 Å². The number of amides is 2. The first-order valence-electron chi connectivity index (χ1n) is 12.6. The van der Waals surface area contributed by atoms with Gasteiger partial charge in [-0.25, -0.2) is 18.0 Å². The van der Waals surface area contributed by atoms with Gasteiger partial charge in [-0.3, -0.25) is 4.90 Å². The summed E-state index contributed by atoms with van der Waals surface area (Å²) >= 11 is 0. The first-order chi connectivity index (χ1) is 17.6. The van der Waals surface area contributed by atoms with Gasteiger partial charge in [0.25, 0.3) is 5.92 Å². The molecule has 2 heterocycles. The van der Waals surface area contributed by atoms with E-state index in [0.717, 1.165) is 19.3 Å². The number of nitrogens with zero attached hydrogens (tertiary/aromatic N) is 3. The van der Waals surface area contributed by atoms with Crippen molar-refractivity contribution in [1.29, 1.82) is 0 Å². The average Bonchev–Trinajstić information content (AvgIpc) is 3.60. The van der Waals surface area contributed by atoms with E-state index in [0.29, 0.717) is 55.0 Å². The summed E-state index contributed by atoms with van der Waals surface area (Å²) in [5, 5.41) is 0. The van der Waals surface area contributed by atoms with Crippen molar-refractivity contribution in [3.05, 3.63) is 29.6 Å². The SMILES string of the molecule is CN1CC(F)(F)C1.COC/C(N)=N/C(=O)N1CCC(C2CC2CCOc2ccc(CC=O)c(F)c2)CC1. The second kappa shape index (κ2) is 13.2. The zero-order chi connectivity index (χ0) is 27.0. The van der Waals surface area contributed by atoms with E-state index < -0.39 is 11.7 Å². The maximum absolute atomic E-state index is 13.8. The zero-order valence-corrected chi connectivity index (χ0v) is 21.5. The molecule has 0 bridgehead atoms. The topological polar surface area (TPSA) is 97.5 Å². The number of amidine groups is 1. The summed E-state index contributed by atoms with van der Waals surface area (Å²) in [6.07, 6.45) is 4.87. The highest BCUT2D eigenvalue weighted by molar-refractivity contribution is 5.93. The predicted molar refractivity (Wildman–Crippen MR) is 134 cm³/mol. The highest BCUT2D eigenvalue weighted by Crippen LogP contribution is 2.49. The number of hydrogen-bond donors (Lipinski definition) is 1. The van der Waals surface area contributed by atoms with E-state index in [1.165, 1.54) is 19.6 Å². The molecule has 2 unspecified atom stereocenters. The summed E-state index contributed by atoms with van der Waals surface area (Å²) in [6, 6.07) is 4.37.